The molecule has 1 saturated heterocycles. The van der Waals surface area contributed by atoms with Crippen molar-refractivity contribution >= 4 is 29.5 Å². The van der Waals surface area contributed by atoms with Gasteiger partial charge in [-0.25, -0.2) is 4.79 Å². The highest BCUT2D eigenvalue weighted by Gasteiger charge is 2.68. The first-order valence-corrected chi connectivity index (χ1v) is 11.9. The average molecular weight is 476 g/mol. The van der Waals surface area contributed by atoms with Crippen molar-refractivity contribution in [2.24, 2.45) is 35.5 Å². The number of benzene rings is 1. The van der Waals surface area contributed by atoms with Crippen LogP contribution in [0.15, 0.2) is 53.1 Å². The number of anilines is 1. The second kappa shape index (κ2) is 8.18. The zero-order chi connectivity index (χ0) is 24.3. The third-order valence-corrected chi connectivity index (χ3v) is 7.79. The maximum atomic E-state index is 13.6. The SMILES string of the molecule is Cc1cc(NC(=O)COC(=O)[C@H](Cc2ccccc2)N2C(=O)[C@@H]3[C@H]4C=C[C@@H]([C@@H]5C[C@@H]45)[C@@H]3C2=O)no1. The molecule has 2 heterocycles. The fourth-order valence-corrected chi connectivity index (χ4v) is 6.24. The van der Waals surface area contributed by atoms with Crippen molar-refractivity contribution in [3.63, 3.8) is 0 Å². The zero-order valence-corrected chi connectivity index (χ0v) is 19.1. The topological polar surface area (TPSA) is 119 Å². The summed E-state index contributed by atoms with van der Waals surface area (Å²) in [7, 11) is 0. The molecule has 9 nitrogen and oxygen atoms in total. The van der Waals surface area contributed by atoms with Gasteiger partial charge in [0.1, 0.15) is 11.8 Å². The van der Waals surface area contributed by atoms with Crippen molar-refractivity contribution < 1.29 is 28.4 Å². The number of nitrogens with zero attached hydrogens (tertiary/aromatic N) is 2. The van der Waals surface area contributed by atoms with Gasteiger partial charge in [0, 0.05) is 12.5 Å². The number of imide groups is 1. The third kappa shape index (κ3) is 3.66. The lowest BCUT2D eigenvalue weighted by Crippen LogP contribution is -2.48. The first-order chi connectivity index (χ1) is 16.9. The molecule has 180 valence electrons. The molecule has 1 aromatic heterocycles. The van der Waals surface area contributed by atoms with Gasteiger partial charge in [-0.2, -0.15) is 0 Å². The molecule has 2 bridgehead atoms. The Balaban J connectivity index is 1.21. The fourth-order valence-electron chi connectivity index (χ4n) is 6.24. The number of carbonyl (C=O) groups excluding carboxylic acids is 4. The maximum Gasteiger partial charge on any atom is 0.330 e. The monoisotopic (exact) mass is 475 g/mol. The molecule has 3 fully saturated rings. The van der Waals surface area contributed by atoms with Crippen molar-refractivity contribution in [2.75, 3.05) is 11.9 Å². The summed E-state index contributed by atoms with van der Waals surface area (Å²) in [5.74, 6) is -1.03. The minimum Gasteiger partial charge on any atom is -0.454 e. The Labute approximate surface area is 201 Å². The molecule has 35 heavy (non-hydrogen) atoms. The number of likely N-dealkylation sites (tertiary alicyclic amines) is 1. The highest BCUT2D eigenvalue weighted by Crippen LogP contribution is 2.65. The highest BCUT2D eigenvalue weighted by atomic mass is 16.5. The van der Waals surface area contributed by atoms with Crippen molar-refractivity contribution in [1.82, 2.24) is 10.1 Å². The summed E-state index contributed by atoms with van der Waals surface area (Å²) < 4.78 is 10.2. The van der Waals surface area contributed by atoms with Crippen molar-refractivity contribution in [3.8, 4) is 0 Å². The number of aromatic nitrogens is 1. The summed E-state index contributed by atoms with van der Waals surface area (Å²) in [5.41, 5.74) is 0.788. The predicted octanol–water partition coefficient (Wildman–Crippen LogP) is 2.13. The Hall–Kier alpha value is -3.75. The Kier molecular flexibility index (Phi) is 5.09. The number of esters is 1. The third-order valence-electron chi connectivity index (χ3n) is 7.79. The van der Waals surface area contributed by atoms with Gasteiger partial charge in [-0.05, 0) is 42.6 Å². The summed E-state index contributed by atoms with van der Waals surface area (Å²) >= 11 is 0. The maximum absolute atomic E-state index is 13.6. The number of nitrogens with one attached hydrogen (secondary N) is 1. The lowest BCUT2D eigenvalue weighted by atomic mass is 9.63. The highest BCUT2D eigenvalue weighted by molar-refractivity contribution is 6.09. The Bertz CT molecular complexity index is 1200. The first kappa shape index (κ1) is 21.8. The molecule has 0 spiro atoms. The van der Waals surface area contributed by atoms with Gasteiger partial charge in [0.05, 0.1) is 11.8 Å². The molecule has 2 aromatic rings. The van der Waals surface area contributed by atoms with Crippen LogP contribution in [0.1, 0.15) is 17.7 Å². The summed E-state index contributed by atoms with van der Waals surface area (Å²) in [6, 6.07) is 9.57. The molecule has 0 radical (unpaired) electrons. The molecular weight excluding hydrogens is 450 g/mol. The van der Waals surface area contributed by atoms with E-state index in [-0.39, 0.29) is 35.9 Å². The summed E-state index contributed by atoms with van der Waals surface area (Å²) in [5, 5.41) is 6.16. The van der Waals surface area contributed by atoms with Crippen LogP contribution < -0.4 is 5.32 Å². The molecule has 9 heteroatoms. The van der Waals surface area contributed by atoms with Gasteiger partial charge in [-0.3, -0.25) is 19.3 Å². The van der Waals surface area contributed by atoms with E-state index in [0.717, 1.165) is 16.9 Å². The van der Waals surface area contributed by atoms with Gasteiger partial charge < -0.3 is 14.6 Å². The van der Waals surface area contributed by atoms with Crippen LogP contribution in [0.2, 0.25) is 0 Å². The van der Waals surface area contributed by atoms with Crippen LogP contribution in [0.3, 0.4) is 0 Å². The molecule has 5 aliphatic rings. The molecule has 0 unspecified atom stereocenters. The van der Waals surface area contributed by atoms with Gasteiger partial charge in [0.15, 0.2) is 12.4 Å². The van der Waals surface area contributed by atoms with E-state index in [2.05, 4.69) is 22.6 Å². The average Bonchev–Trinajstić information content (AvgIpc) is 3.53. The molecule has 7 rings (SSSR count). The van der Waals surface area contributed by atoms with Crippen LogP contribution in [0.25, 0.3) is 0 Å². The number of amides is 3. The number of allylic oxidation sites excluding steroid dienone is 2. The van der Waals surface area contributed by atoms with Gasteiger partial charge in [-0.15, -0.1) is 0 Å². The van der Waals surface area contributed by atoms with Crippen molar-refractivity contribution in [1.29, 1.82) is 0 Å². The van der Waals surface area contributed by atoms with Gasteiger partial charge in [-0.1, -0.05) is 47.6 Å². The van der Waals surface area contributed by atoms with E-state index >= 15 is 0 Å². The van der Waals surface area contributed by atoms with Crippen molar-refractivity contribution in [2.45, 2.75) is 25.8 Å². The van der Waals surface area contributed by atoms with E-state index in [9.17, 15) is 19.2 Å². The number of hydrogen-bond acceptors (Lipinski definition) is 7. The lowest BCUT2D eigenvalue weighted by molar-refractivity contribution is -0.160. The Morgan fingerprint density at radius 1 is 1.11 bits per heavy atom. The van der Waals surface area contributed by atoms with Crippen LogP contribution in [0, 0.1) is 42.4 Å². The largest absolute Gasteiger partial charge is 0.454 e. The smallest absolute Gasteiger partial charge is 0.330 e. The van der Waals surface area contributed by atoms with E-state index in [4.69, 9.17) is 9.26 Å². The number of rotatable bonds is 7. The van der Waals surface area contributed by atoms with Crippen LogP contribution >= 0.6 is 0 Å². The second-order valence-electron chi connectivity index (χ2n) is 9.89. The van der Waals surface area contributed by atoms with Crippen LogP contribution in [-0.2, 0) is 30.3 Å². The minimum atomic E-state index is -1.14. The van der Waals surface area contributed by atoms with E-state index in [1.807, 2.05) is 30.3 Å². The zero-order valence-electron chi connectivity index (χ0n) is 19.1. The summed E-state index contributed by atoms with van der Waals surface area (Å²) in [4.78, 5) is 53.8. The molecule has 4 aliphatic carbocycles. The summed E-state index contributed by atoms with van der Waals surface area (Å²) in [6.07, 6.45) is 5.37. The number of hydrogen-bond donors (Lipinski definition) is 1. The van der Waals surface area contributed by atoms with E-state index < -0.39 is 36.4 Å². The minimum absolute atomic E-state index is 0.0570. The van der Waals surface area contributed by atoms with Gasteiger partial charge >= 0.3 is 5.97 Å². The number of carbonyl (C=O) groups is 4. The molecule has 1 N–H and O–H groups in total. The molecule has 1 aliphatic heterocycles. The lowest BCUT2D eigenvalue weighted by Gasteiger charge is -2.37. The summed E-state index contributed by atoms with van der Waals surface area (Å²) in [6.45, 7) is 1.11. The van der Waals surface area contributed by atoms with Gasteiger partial charge in [0.2, 0.25) is 11.8 Å². The molecule has 7 atom stereocenters. The Morgan fingerprint density at radius 3 is 2.37 bits per heavy atom. The molecular formula is C26H25N3O6. The van der Waals surface area contributed by atoms with E-state index in [0.29, 0.717) is 17.6 Å². The Morgan fingerprint density at radius 2 is 1.77 bits per heavy atom. The van der Waals surface area contributed by atoms with Gasteiger partial charge in [0.25, 0.3) is 5.91 Å². The van der Waals surface area contributed by atoms with Crippen LogP contribution in [-0.4, -0.2) is 46.4 Å². The predicted molar refractivity (Wildman–Crippen MR) is 121 cm³/mol. The van der Waals surface area contributed by atoms with Crippen molar-refractivity contribution in [3.05, 3.63) is 59.9 Å². The van der Waals surface area contributed by atoms with Crippen LogP contribution in [0.5, 0.6) is 0 Å². The normalized spacial score (nSPS) is 30.6. The molecule has 2 saturated carbocycles. The van der Waals surface area contributed by atoms with Crippen LogP contribution in [0.4, 0.5) is 5.82 Å². The second-order valence-corrected chi connectivity index (χ2v) is 9.89. The quantitative estimate of drug-likeness (QED) is 0.370. The standard InChI is InChI=1S/C26H25N3O6/c1-13-9-20(28-35-13)27-21(30)12-34-26(33)19(10-14-5-3-2-4-6-14)29-24(31)22-15-7-8-16(18-11-17(15)18)23(22)25(29)32/h2-9,15-19,22-23H,10-12H2,1H3,(H,27,28,30)/t15-,16-,17-,18-,19-,22-,23+/m0/s1. The first-order valence-electron chi connectivity index (χ1n) is 11.9. The number of aryl methyl sites for hydroxylation is 1. The van der Waals surface area contributed by atoms with E-state index in [1.54, 1.807) is 6.92 Å². The van der Waals surface area contributed by atoms with E-state index in [1.165, 1.54) is 6.07 Å². The fraction of sp³-hybridized carbons (Fsp3) is 0.423. The molecule has 3 amide bonds. The molecule has 1 aromatic carbocycles. The number of ether oxygens (including phenoxy) is 1.